The minimum Gasteiger partial charge on any atom is -0.492 e. The first kappa shape index (κ1) is 13.4. The van der Waals surface area contributed by atoms with Crippen molar-refractivity contribution in [1.82, 2.24) is 5.32 Å². The molecule has 1 rings (SSSR count). The number of anilines is 1. The summed E-state index contributed by atoms with van der Waals surface area (Å²) >= 11 is 0. The van der Waals surface area contributed by atoms with E-state index in [0.29, 0.717) is 18.8 Å². The van der Waals surface area contributed by atoms with E-state index in [4.69, 9.17) is 10.5 Å². The molecular formula is C13H20N2O2. The summed E-state index contributed by atoms with van der Waals surface area (Å²) in [5.41, 5.74) is 6.29. The van der Waals surface area contributed by atoms with Gasteiger partial charge in [-0.1, -0.05) is 19.9 Å². The van der Waals surface area contributed by atoms with Gasteiger partial charge in [0.15, 0.2) is 0 Å². The maximum absolute atomic E-state index is 11.5. The van der Waals surface area contributed by atoms with E-state index in [9.17, 15) is 4.79 Å². The predicted molar refractivity (Wildman–Crippen MR) is 68.8 cm³/mol. The SMILES string of the molecule is CCC(C)C(=O)NCCOc1cccc(N)c1. The maximum Gasteiger partial charge on any atom is 0.222 e. The molecule has 0 aliphatic carbocycles. The second-order valence-electron chi connectivity index (χ2n) is 4.02. The Balaban J connectivity index is 2.22. The number of rotatable bonds is 6. The van der Waals surface area contributed by atoms with Crippen molar-refractivity contribution in [3.8, 4) is 5.75 Å². The van der Waals surface area contributed by atoms with Gasteiger partial charge < -0.3 is 15.8 Å². The Morgan fingerprint density at radius 3 is 2.94 bits per heavy atom. The summed E-state index contributed by atoms with van der Waals surface area (Å²) in [7, 11) is 0. The van der Waals surface area contributed by atoms with Crippen molar-refractivity contribution < 1.29 is 9.53 Å². The van der Waals surface area contributed by atoms with Gasteiger partial charge >= 0.3 is 0 Å². The van der Waals surface area contributed by atoms with Gasteiger partial charge in [0, 0.05) is 17.7 Å². The highest BCUT2D eigenvalue weighted by molar-refractivity contribution is 5.78. The van der Waals surface area contributed by atoms with Crippen LogP contribution in [0.25, 0.3) is 0 Å². The average Bonchev–Trinajstić information content (AvgIpc) is 2.33. The molecule has 4 nitrogen and oxygen atoms in total. The Bertz CT molecular complexity index is 366. The third-order valence-corrected chi connectivity index (χ3v) is 2.59. The van der Waals surface area contributed by atoms with Gasteiger partial charge in [0.25, 0.3) is 0 Å². The van der Waals surface area contributed by atoms with E-state index < -0.39 is 0 Å². The summed E-state index contributed by atoms with van der Waals surface area (Å²) in [5, 5.41) is 2.82. The molecule has 1 unspecified atom stereocenters. The fourth-order valence-corrected chi connectivity index (χ4v) is 1.31. The molecule has 1 atom stereocenters. The van der Waals surface area contributed by atoms with E-state index in [1.165, 1.54) is 0 Å². The number of nitrogen functional groups attached to an aromatic ring is 1. The van der Waals surface area contributed by atoms with Crippen molar-refractivity contribution in [2.24, 2.45) is 5.92 Å². The molecule has 1 aromatic carbocycles. The van der Waals surface area contributed by atoms with Crippen LogP contribution >= 0.6 is 0 Å². The molecule has 0 bridgehead atoms. The first-order valence-electron chi connectivity index (χ1n) is 5.89. The van der Waals surface area contributed by atoms with E-state index in [0.717, 1.165) is 12.2 Å². The fourth-order valence-electron chi connectivity index (χ4n) is 1.31. The fraction of sp³-hybridized carbons (Fsp3) is 0.462. The number of ether oxygens (including phenoxy) is 1. The molecule has 0 heterocycles. The Kier molecular flexibility index (Phi) is 5.33. The lowest BCUT2D eigenvalue weighted by atomic mass is 10.1. The summed E-state index contributed by atoms with van der Waals surface area (Å²) in [5.74, 6) is 0.855. The summed E-state index contributed by atoms with van der Waals surface area (Å²) in [6.07, 6.45) is 0.849. The molecule has 0 radical (unpaired) electrons. The molecule has 0 aliphatic heterocycles. The minimum absolute atomic E-state index is 0.0577. The topological polar surface area (TPSA) is 64.3 Å². The molecular weight excluding hydrogens is 216 g/mol. The number of hydrogen-bond donors (Lipinski definition) is 2. The summed E-state index contributed by atoms with van der Waals surface area (Å²) in [6.45, 7) is 4.87. The van der Waals surface area contributed by atoms with Gasteiger partial charge in [0.1, 0.15) is 12.4 Å². The van der Waals surface area contributed by atoms with Crippen LogP contribution in [0.5, 0.6) is 5.75 Å². The highest BCUT2D eigenvalue weighted by Gasteiger charge is 2.08. The predicted octanol–water partition coefficient (Wildman–Crippen LogP) is 1.81. The number of benzene rings is 1. The maximum atomic E-state index is 11.5. The Labute approximate surface area is 102 Å². The van der Waals surface area contributed by atoms with Crippen molar-refractivity contribution in [2.45, 2.75) is 20.3 Å². The van der Waals surface area contributed by atoms with Crippen LogP contribution in [0.2, 0.25) is 0 Å². The van der Waals surface area contributed by atoms with Gasteiger partial charge in [-0.05, 0) is 18.6 Å². The van der Waals surface area contributed by atoms with Gasteiger partial charge in [-0.3, -0.25) is 4.79 Å². The zero-order chi connectivity index (χ0) is 12.7. The molecule has 0 saturated carbocycles. The first-order valence-corrected chi connectivity index (χ1v) is 5.89. The van der Waals surface area contributed by atoms with Crippen molar-refractivity contribution in [3.05, 3.63) is 24.3 Å². The van der Waals surface area contributed by atoms with Gasteiger partial charge in [-0.2, -0.15) is 0 Å². The van der Waals surface area contributed by atoms with Crippen LogP contribution in [-0.4, -0.2) is 19.1 Å². The largest absolute Gasteiger partial charge is 0.492 e. The molecule has 0 spiro atoms. The monoisotopic (exact) mass is 236 g/mol. The van der Waals surface area contributed by atoms with Gasteiger partial charge in [0.2, 0.25) is 5.91 Å². The van der Waals surface area contributed by atoms with Crippen molar-refractivity contribution in [3.63, 3.8) is 0 Å². The molecule has 3 N–H and O–H groups in total. The van der Waals surface area contributed by atoms with E-state index in [2.05, 4.69) is 5.32 Å². The number of hydrogen-bond acceptors (Lipinski definition) is 3. The van der Waals surface area contributed by atoms with Crippen LogP contribution in [0.4, 0.5) is 5.69 Å². The normalized spacial score (nSPS) is 11.9. The molecule has 1 amide bonds. The van der Waals surface area contributed by atoms with Crippen LogP contribution in [-0.2, 0) is 4.79 Å². The molecule has 94 valence electrons. The van der Waals surface area contributed by atoms with Crippen LogP contribution in [0.15, 0.2) is 24.3 Å². The van der Waals surface area contributed by atoms with E-state index in [1.54, 1.807) is 12.1 Å². The summed E-state index contributed by atoms with van der Waals surface area (Å²) < 4.78 is 5.46. The lowest BCUT2D eigenvalue weighted by molar-refractivity contribution is -0.124. The Hall–Kier alpha value is -1.71. The number of carbonyl (C=O) groups is 1. The molecule has 0 aliphatic rings. The lowest BCUT2D eigenvalue weighted by Crippen LogP contribution is -2.32. The van der Waals surface area contributed by atoms with E-state index in [-0.39, 0.29) is 11.8 Å². The average molecular weight is 236 g/mol. The zero-order valence-electron chi connectivity index (χ0n) is 10.4. The molecule has 0 saturated heterocycles. The Morgan fingerprint density at radius 1 is 1.53 bits per heavy atom. The number of nitrogens with two attached hydrogens (primary N) is 1. The smallest absolute Gasteiger partial charge is 0.222 e. The second-order valence-corrected chi connectivity index (χ2v) is 4.02. The number of nitrogens with one attached hydrogen (secondary N) is 1. The Morgan fingerprint density at radius 2 is 2.29 bits per heavy atom. The third kappa shape index (κ3) is 4.76. The van der Waals surface area contributed by atoms with Gasteiger partial charge in [-0.25, -0.2) is 0 Å². The van der Waals surface area contributed by atoms with Gasteiger partial charge in [-0.15, -0.1) is 0 Å². The first-order chi connectivity index (χ1) is 8.13. The second kappa shape index (κ2) is 6.78. The van der Waals surface area contributed by atoms with Crippen molar-refractivity contribution in [1.29, 1.82) is 0 Å². The number of amides is 1. The third-order valence-electron chi connectivity index (χ3n) is 2.59. The number of carbonyl (C=O) groups excluding carboxylic acids is 1. The minimum atomic E-state index is 0.0577. The summed E-state index contributed by atoms with van der Waals surface area (Å²) in [6, 6.07) is 7.24. The zero-order valence-corrected chi connectivity index (χ0v) is 10.4. The van der Waals surface area contributed by atoms with Crippen molar-refractivity contribution in [2.75, 3.05) is 18.9 Å². The van der Waals surface area contributed by atoms with Crippen LogP contribution in [0, 0.1) is 5.92 Å². The van der Waals surface area contributed by atoms with Crippen molar-refractivity contribution >= 4 is 11.6 Å². The van der Waals surface area contributed by atoms with Crippen LogP contribution in [0.3, 0.4) is 0 Å². The van der Waals surface area contributed by atoms with Crippen LogP contribution < -0.4 is 15.8 Å². The molecule has 0 aromatic heterocycles. The van der Waals surface area contributed by atoms with Crippen LogP contribution in [0.1, 0.15) is 20.3 Å². The van der Waals surface area contributed by atoms with E-state index >= 15 is 0 Å². The quantitative estimate of drug-likeness (QED) is 0.585. The highest BCUT2D eigenvalue weighted by Crippen LogP contribution is 2.13. The molecule has 17 heavy (non-hydrogen) atoms. The van der Waals surface area contributed by atoms with Gasteiger partial charge in [0.05, 0.1) is 6.54 Å². The molecule has 1 aromatic rings. The standard InChI is InChI=1S/C13H20N2O2/c1-3-10(2)13(16)15-7-8-17-12-6-4-5-11(14)9-12/h4-6,9-10H,3,7-8,14H2,1-2H3,(H,15,16). The molecule has 0 fully saturated rings. The lowest BCUT2D eigenvalue weighted by Gasteiger charge is -2.11. The highest BCUT2D eigenvalue weighted by atomic mass is 16.5. The molecule has 4 heteroatoms. The van der Waals surface area contributed by atoms with E-state index in [1.807, 2.05) is 26.0 Å². The summed E-state index contributed by atoms with van der Waals surface area (Å²) in [4.78, 5) is 11.5.